The van der Waals surface area contributed by atoms with Crippen molar-refractivity contribution in [2.75, 3.05) is 0 Å². The second-order valence-electron chi connectivity index (χ2n) is 3.46. The minimum atomic E-state index is -3.74. The molecular formula is C9H5ClN4O2S2. The Hall–Kier alpha value is -1.51. The smallest absolute Gasteiger partial charge is 0.261 e. The highest BCUT2D eigenvalue weighted by Gasteiger charge is 2.15. The molecule has 0 aliphatic rings. The second kappa shape index (κ2) is 4.01. The van der Waals surface area contributed by atoms with Gasteiger partial charge < -0.3 is 0 Å². The Morgan fingerprint density at radius 1 is 1.33 bits per heavy atom. The maximum atomic E-state index is 11.2. The van der Waals surface area contributed by atoms with E-state index in [1.165, 1.54) is 23.5 Å². The van der Waals surface area contributed by atoms with Crippen LogP contribution in [0.1, 0.15) is 0 Å². The van der Waals surface area contributed by atoms with E-state index in [0.29, 0.717) is 16.2 Å². The van der Waals surface area contributed by atoms with Gasteiger partial charge in [-0.3, -0.25) is 5.10 Å². The largest absolute Gasteiger partial charge is 0.277 e. The topological polar surface area (TPSA) is 88.6 Å². The number of aromatic amines is 1. The van der Waals surface area contributed by atoms with Crippen LogP contribution in [0.3, 0.4) is 0 Å². The van der Waals surface area contributed by atoms with E-state index in [1.807, 2.05) is 0 Å². The average molecular weight is 301 g/mol. The van der Waals surface area contributed by atoms with Gasteiger partial charge in [0.05, 0.1) is 10.4 Å². The lowest BCUT2D eigenvalue weighted by Gasteiger charge is -1.96. The normalized spacial score (nSPS) is 12.1. The van der Waals surface area contributed by atoms with Crippen molar-refractivity contribution in [1.29, 1.82) is 0 Å². The minimum Gasteiger partial charge on any atom is -0.277 e. The summed E-state index contributed by atoms with van der Waals surface area (Å²) >= 11 is 1.36. The Morgan fingerprint density at radius 3 is 2.83 bits per heavy atom. The monoisotopic (exact) mass is 300 g/mol. The molecule has 18 heavy (non-hydrogen) atoms. The van der Waals surface area contributed by atoms with Crippen LogP contribution in [0.5, 0.6) is 0 Å². The van der Waals surface area contributed by atoms with Gasteiger partial charge in [-0.15, -0.1) is 10.2 Å². The molecule has 92 valence electrons. The SMILES string of the molecule is O=S(=O)(Cl)c1ccc2c(-c3nncs3)n[nH]c2c1. The van der Waals surface area contributed by atoms with Crippen molar-refractivity contribution in [2.24, 2.45) is 0 Å². The lowest BCUT2D eigenvalue weighted by atomic mass is 10.2. The number of rotatable bonds is 2. The van der Waals surface area contributed by atoms with Gasteiger partial charge in [-0.1, -0.05) is 11.3 Å². The number of hydrogen-bond acceptors (Lipinski definition) is 6. The van der Waals surface area contributed by atoms with Gasteiger partial charge in [0.2, 0.25) is 0 Å². The van der Waals surface area contributed by atoms with Gasteiger partial charge in [0.25, 0.3) is 9.05 Å². The molecule has 0 atom stereocenters. The zero-order valence-corrected chi connectivity index (χ0v) is 11.1. The van der Waals surface area contributed by atoms with E-state index in [1.54, 1.807) is 11.6 Å². The molecule has 6 nitrogen and oxygen atoms in total. The van der Waals surface area contributed by atoms with Gasteiger partial charge in [0.15, 0.2) is 5.01 Å². The van der Waals surface area contributed by atoms with E-state index in [9.17, 15) is 8.42 Å². The maximum absolute atomic E-state index is 11.2. The van der Waals surface area contributed by atoms with E-state index >= 15 is 0 Å². The minimum absolute atomic E-state index is 0.0316. The van der Waals surface area contributed by atoms with Crippen LogP contribution in [-0.4, -0.2) is 28.8 Å². The first-order valence-corrected chi connectivity index (χ1v) is 7.94. The third kappa shape index (κ3) is 1.88. The number of fused-ring (bicyclic) bond motifs is 1. The van der Waals surface area contributed by atoms with E-state index in [-0.39, 0.29) is 4.90 Å². The zero-order chi connectivity index (χ0) is 12.8. The van der Waals surface area contributed by atoms with Gasteiger partial charge in [0, 0.05) is 16.1 Å². The molecule has 0 fully saturated rings. The molecule has 1 N–H and O–H groups in total. The first-order valence-electron chi connectivity index (χ1n) is 4.75. The summed E-state index contributed by atoms with van der Waals surface area (Å²) in [6, 6.07) is 4.52. The summed E-state index contributed by atoms with van der Waals surface area (Å²) < 4.78 is 22.4. The number of nitrogens with one attached hydrogen (secondary N) is 1. The highest BCUT2D eigenvalue weighted by molar-refractivity contribution is 8.13. The lowest BCUT2D eigenvalue weighted by molar-refractivity contribution is 0.609. The Kier molecular flexibility index (Phi) is 2.58. The highest BCUT2D eigenvalue weighted by Crippen LogP contribution is 2.29. The van der Waals surface area contributed by atoms with Crippen LogP contribution in [0.2, 0.25) is 0 Å². The molecule has 9 heteroatoms. The second-order valence-corrected chi connectivity index (χ2v) is 6.86. The summed E-state index contributed by atoms with van der Waals surface area (Å²) in [5, 5.41) is 16.0. The summed E-state index contributed by atoms with van der Waals surface area (Å²) in [5.41, 5.74) is 2.83. The summed E-state index contributed by atoms with van der Waals surface area (Å²) in [7, 11) is 1.54. The first-order chi connectivity index (χ1) is 8.55. The third-order valence-corrected chi connectivity index (χ3v) is 4.43. The van der Waals surface area contributed by atoms with Crippen molar-refractivity contribution >= 4 is 42.0 Å². The summed E-state index contributed by atoms with van der Waals surface area (Å²) in [6.07, 6.45) is 0. The van der Waals surface area contributed by atoms with Crippen LogP contribution < -0.4 is 0 Å². The molecule has 0 radical (unpaired) electrons. The molecular weight excluding hydrogens is 296 g/mol. The van der Waals surface area contributed by atoms with Gasteiger partial charge in [-0.25, -0.2) is 8.42 Å². The third-order valence-electron chi connectivity index (χ3n) is 2.38. The molecule has 0 saturated carbocycles. The number of hydrogen-bond donors (Lipinski definition) is 1. The molecule has 0 bridgehead atoms. The van der Waals surface area contributed by atoms with Gasteiger partial charge >= 0.3 is 0 Å². The first kappa shape index (κ1) is 11.6. The number of benzene rings is 1. The molecule has 2 heterocycles. The fourth-order valence-electron chi connectivity index (χ4n) is 1.59. The molecule has 3 rings (SSSR count). The van der Waals surface area contributed by atoms with Crippen LogP contribution in [0.15, 0.2) is 28.6 Å². The molecule has 2 aromatic heterocycles. The van der Waals surface area contributed by atoms with E-state index in [0.717, 1.165) is 5.39 Å². The van der Waals surface area contributed by atoms with Crippen LogP contribution >= 0.6 is 22.0 Å². The molecule has 3 aromatic rings. The standard InChI is InChI=1S/C9H5ClN4O2S2/c10-18(15,16)5-1-2-6-7(3-5)12-13-8(6)9-14-11-4-17-9/h1-4H,(H,12,13). The Bertz CT molecular complexity index is 810. The van der Waals surface area contributed by atoms with Crippen LogP contribution in [0, 0.1) is 0 Å². The predicted octanol–water partition coefficient (Wildman–Crippen LogP) is 2.01. The van der Waals surface area contributed by atoms with E-state index in [2.05, 4.69) is 20.4 Å². The highest BCUT2D eigenvalue weighted by atomic mass is 35.7. The Balaban J connectivity index is 2.23. The quantitative estimate of drug-likeness (QED) is 0.731. The maximum Gasteiger partial charge on any atom is 0.261 e. The molecule has 1 aromatic carbocycles. The summed E-state index contributed by atoms with van der Waals surface area (Å²) in [6.45, 7) is 0. The van der Waals surface area contributed by atoms with Crippen LogP contribution in [0.25, 0.3) is 21.6 Å². The van der Waals surface area contributed by atoms with Crippen molar-refractivity contribution in [1.82, 2.24) is 20.4 Å². The van der Waals surface area contributed by atoms with Crippen molar-refractivity contribution in [3.05, 3.63) is 23.7 Å². The van der Waals surface area contributed by atoms with Crippen molar-refractivity contribution < 1.29 is 8.42 Å². The fourth-order valence-corrected chi connectivity index (χ4v) is 2.92. The average Bonchev–Trinajstić information content (AvgIpc) is 2.95. The molecule has 0 aliphatic heterocycles. The van der Waals surface area contributed by atoms with Crippen LogP contribution in [-0.2, 0) is 9.05 Å². The Morgan fingerprint density at radius 2 is 2.17 bits per heavy atom. The van der Waals surface area contributed by atoms with Crippen molar-refractivity contribution in [3.63, 3.8) is 0 Å². The number of nitrogens with zero attached hydrogens (tertiary/aromatic N) is 3. The lowest BCUT2D eigenvalue weighted by Crippen LogP contribution is -1.89. The molecule has 0 spiro atoms. The predicted molar refractivity (Wildman–Crippen MR) is 68.0 cm³/mol. The van der Waals surface area contributed by atoms with Crippen molar-refractivity contribution in [3.8, 4) is 10.7 Å². The molecule has 0 saturated heterocycles. The van der Waals surface area contributed by atoms with E-state index < -0.39 is 9.05 Å². The molecule has 0 unspecified atom stereocenters. The van der Waals surface area contributed by atoms with E-state index in [4.69, 9.17) is 10.7 Å². The summed E-state index contributed by atoms with van der Waals surface area (Å²) in [5.74, 6) is 0. The molecule has 0 amide bonds. The number of H-pyrrole nitrogens is 1. The van der Waals surface area contributed by atoms with Crippen molar-refractivity contribution in [2.45, 2.75) is 4.90 Å². The zero-order valence-electron chi connectivity index (χ0n) is 8.66. The molecule has 0 aliphatic carbocycles. The summed E-state index contributed by atoms with van der Waals surface area (Å²) in [4.78, 5) is 0.0316. The Labute approximate surface area is 110 Å². The fraction of sp³-hybridized carbons (Fsp3) is 0. The number of aromatic nitrogens is 4. The number of halogens is 1. The van der Waals surface area contributed by atoms with Gasteiger partial charge in [-0.05, 0) is 18.2 Å². The van der Waals surface area contributed by atoms with Gasteiger partial charge in [-0.2, -0.15) is 5.10 Å². The van der Waals surface area contributed by atoms with Crippen LogP contribution in [0.4, 0.5) is 0 Å². The van der Waals surface area contributed by atoms with Gasteiger partial charge in [0.1, 0.15) is 11.2 Å².